The smallest absolute Gasteiger partial charge is 0.182 e. The summed E-state index contributed by atoms with van der Waals surface area (Å²) in [6.07, 6.45) is 3.36. The second-order valence-electron chi connectivity index (χ2n) is 8.81. The summed E-state index contributed by atoms with van der Waals surface area (Å²) in [4.78, 5) is 19.6. The zero-order chi connectivity index (χ0) is 24.1. The van der Waals surface area contributed by atoms with Crippen LogP contribution in [0.25, 0.3) is 33.5 Å². The van der Waals surface area contributed by atoms with E-state index in [1.165, 1.54) is 0 Å². The molecular weight excluding hydrogens is 464 g/mol. The molecule has 0 radical (unpaired) electrons. The van der Waals surface area contributed by atoms with Crippen LogP contribution >= 0.6 is 11.6 Å². The number of rotatable bonds is 3. The highest BCUT2D eigenvalue weighted by atomic mass is 35.5. The third-order valence-corrected chi connectivity index (χ3v) is 7.26. The van der Waals surface area contributed by atoms with E-state index in [4.69, 9.17) is 21.6 Å². The summed E-state index contributed by atoms with van der Waals surface area (Å²) >= 11 is 6.86. The van der Waals surface area contributed by atoms with Crippen LogP contribution in [0.15, 0.2) is 116 Å². The Morgan fingerprint density at radius 2 is 1.31 bits per heavy atom. The van der Waals surface area contributed by atoms with Gasteiger partial charge in [0.1, 0.15) is 16.6 Å². The molecule has 1 unspecified atom stereocenters. The van der Waals surface area contributed by atoms with Crippen molar-refractivity contribution in [1.82, 2.24) is 19.9 Å². The topological polar surface area (TPSA) is 51.6 Å². The van der Waals surface area contributed by atoms with Crippen molar-refractivity contribution in [3.05, 3.63) is 143 Å². The normalized spacial score (nSPS) is 16.0. The summed E-state index contributed by atoms with van der Waals surface area (Å²) in [6.45, 7) is 0. The molecule has 7 rings (SSSR count). The summed E-state index contributed by atoms with van der Waals surface area (Å²) in [5.74, 6) is 0.647. The van der Waals surface area contributed by atoms with E-state index >= 15 is 0 Å². The van der Waals surface area contributed by atoms with Gasteiger partial charge in [-0.3, -0.25) is 0 Å². The largest absolute Gasteiger partial charge is 0.249 e. The standard InChI is InChI=1S/C31H19ClN4/c32-25-17-9-16-24-26(25)22-14-7-8-15-23(22)31(24,21-12-5-2-6-13-21)30-35-27(20-10-3-1-4-11-20)28-29(36-30)34-19-18-33-28/h1-19H. The quantitative estimate of drug-likeness (QED) is 0.269. The van der Waals surface area contributed by atoms with Crippen LogP contribution in [0, 0.1) is 0 Å². The lowest BCUT2D eigenvalue weighted by Crippen LogP contribution is -2.31. The molecule has 6 aromatic rings. The van der Waals surface area contributed by atoms with Crippen molar-refractivity contribution in [2.45, 2.75) is 5.41 Å². The maximum Gasteiger partial charge on any atom is 0.182 e. The van der Waals surface area contributed by atoms with Crippen LogP contribution in [0.2, 0.25) is 5.02 Å². The van der Waals surface area contributed by atoms with Crippen molar-refractivity contribution in [3.8, 4) is 22.4 Å². The van der Waals surface area contributed by atoms with Crippen LogP contribution in [0.5, 0.6) is 0 Å². The van der Waals surface area contributed by atoms with E-state index in [0.29, 0.717) is 22.0 Å². The molecule has 2 aromatic heterocycles. The molecule has 1 aliphatic rings. The van der Waals surface area contributed by atoms with Gasteiger partial charge in [0.25, 0.3) is 0 Å². The Morgan fingerprint density at radius 3 is 2.14 bits per heavy atom. The number of fused-ring (bicyclic) bond motifs is 4. The fourth-order valence-corrected chi connectivity index (χ4v) is 5.76. The summed E-state index contributed by atoms with van der Waals surface area (Å²) in [5, 5.41) is 0.710. The molecule has 0 fully saturated rings. The summed E-state index contributed by atoms with van der Waals surface area (Å²) in [6, 6.07) is 35.0. The number of hydrogen-bond donors (Lipinski definition) is 0. The van der Waals surface area contributed by atoms with Crippen molar-refractivity contribution in [2.24, 2.45) is 0 Å². The molecule has 170 valence electrons. The summed E-state index contributed by atoms with van der Waals surface area (Å²) in [7, 11) is 0. The van der Waals surface area contributed by atoms with Crippen LogP contribution in [0.3, 0.4) is 0 Å². The van der Waals surface area contributed by atoms with E-state index in [0.717, 1.165) is 39.1 Å². The van der Waals surface area contributed by atoms with Gasteiger partial charge in [-0.05, 0) is 28.3 Å². The van der Waals surface area contributed by atoms with Gasteiger partial charge >= 0.3 is 0 Å². The molecule has 0 saturated heterocycles. The first kappa shape index (κ1) is 20.9. The maximum absolute atomic E-state index is 6.86. The number of benzene rings is 4. The summed E-state index contributed by atoms with van der Waals surface area (Å²) < 4.78 is 0. The number of nitrogens with zero attached hydrogens (tertiary/aromatic N) is 4. The van der Waals surface area contributed by atoms with E-state index in [1.54, 1.807) is 12.4 Å². The lowest BCUT2D eigenvalue weighted by Gasteiger charge is -2.31. The van der Waals surface area contributed by atoms with Crippen LogP contribution in [-0.2, 0) is 5.41 Å². The lowest BCUT2D eigenvalue weighted by molar-refractivity contribution is 0.702. The van der Waals surface area contributed by atoms with E-state index in [-0.39, 0.29) is 0 Å². The minimum absolute atomic E-state index is 0.560. The molecule has 4 nitrogen and oxygen atoms in total. The number of halogens is 1. The minimum Gasteiger partial charge on any atom is -0.249 e. The number of aromatic nitrogens is 4. The predicted octanol–water partition coefficient (Wildman–Crippen LogP) is 7.10. The van der Waals surface area contributed by atoms with Gasteiger partial charge in [0.05, 0.1) is 0 Å². The van der Waals surface area contributed by atoms with E-state index in [9.17, 15) is 0 Å². The predicted molar refractivity (Wildman–Crippen MR) is 143 cm³/mol. The van der Waals surface area contributed by atoms with E-state index < -0.39 is 5.41 Å². The Labute approximate surface area is 213 Å². The van der Waals surface area contributed by atoms with Crippen LogP contribution < -0.4 is 0 Å². The molecule has 1 aliphatic carbocycles. The Kier molecular flexibility index (Phi) is 4.69. The van der Waals surface area contributed by atoms with Gasteiger partial charge in [-0.25, -0.2) is 19.9 Å². The van der Waals surface area contributed by atoms with Crippen LogP contribution in [-0.4, -0.2) is 19.9 Å². The van der Waals surface area contributed by atoms with E-state index in [2.05, 4.69) is 64.6 Å². The Balaban J connectivity index is 1.67. The molecule has 0 aliphatic heterocycles. The molecule has 5 heteroatoms. The van der Waals surface area contributed by atoms with Gasteiger partial charge in [0, 0.05) is 28.5 Å². The fraction of sp³-hybridized carbons (Fsp3) is 0.0323. The SMILES string of the molecule is Clc1cccc2c1-c1ccccc1C2(c1ccccc1)c1nc(-c2ccccc2)c2nccnc2n1. The fourth-order valence-electron chi connectivity index (χ4n) is 5.48. The lowest BCUT2D eigenvalue weighted by atomic mass is 9.71. The molecule has 4 aromatic carbocycles. The highest BCUT2D eigenvalue weighted by molar-refractivity contribution is 6.34. The van der Waals surface area contributed by atoms with Gasteiger partial charge in [-0.15, -0.1) is 0 Å². The third-order valence-electron chi connectivity index (χ3n) is 6.94. The molecule has 2 heterocycles. The maximum atomic E-state index is 6.86. The van der Waals surface area contributed by atoms with Gasteiger partial charge in [0.15, 0.2) is 11.5 Å². The first-order valence-electron chi connectivity index (χ1n) is 11.8. The Morgan fingerprint density at radius 1 is 0.611 bits per heavy atom. The monoisotopic (exact) mass is 482 g/mol. The Hall–Kier alpha value is -4.41. The molecule has 36 heavy (non-hydrogen) atoms. The average molecular weight is 483 g/mol. The molecule has 1 atom stereocenters. The van der Waals surface area contributed by atoms with Crippen molar-refractivity contribution in [2.75, 3.05) is 0 Å². The highest BCUT2D eigenvalue weighted by Crippen LogP contribution is 2.57. The zero-order valence-electron chi connectivity index (χ0n) is 19.1. The third kappa shape index (κ3) is 2.88. The first-order chi connectivity index (χ1) is 17.8. The van der Waals surface area contributed by atoms with Crippen LogP contribution in [0.1, 0.15) is 22.5 Å². The highest BCUT2D eigenvalue weighted by Gasteiger charge is 2.49. The Bertz CT molecular complexity index is 1750. The van der Waals surface area contributed by atoms with Crippen molar-refractivity contribution in [1.29, 1.82) is 0 Å². The zero-order valence-corrected chi connectivity index (χ0v) is 19.9. The van der Waals surface area contributed by atoms with Gasteiger partial charge < -0.3 is 0 Å². The summed E-state index contributed by atoms with van der Waals surface area (Å²) in [5.41, 5.74) is 7.52. The van der Waals surface area contributed by atoms with Crippen LogP contribution in [0.4, 0.5) is 0 Å². The average Bonchev–Trinajstić information content (AvgIpc) is 3.26. The number of hydrogen-bond acceptors (Lipinski definition) is 4. The van der Waals surface area contributed by atoms with Crippen molar-refractivity contribution >= 4 is 22.8 Å². The second kappa shape index (κ2) is 8.08. The molecule has 0 saturated carbocycles. The van der Waals surface area contributed by atoms with Crippen molar-refractivity contribution < 1.29 is 0 Å². The molecule has 0 amide bonds. The minimum atomic E-state index is -0.771. The molecule has 0 spiro atoms. The molecule has 0 bridgehead atoms. The van der Waals surface area contributed by atoms with Gasteiger partial charge in [-0.1, -0.05) is 109 Å². The first-order valence-corrected chi connectivity index (χ1v) is 12.2. The van der Waals surface area contributed by atoms with Gasteiger partial charge in [0.2, 0.25) is 0 Å². The second-order valence-corrected chi connectivity index (χ2v) is 9.22. The van der Waals surface area contributed by atoms with Crippen molar-refractivity contribution in [3.63, 3.8) is 0 Å². The van der Waals surface area contributed by atoms with Gasteiger partial charge in [-0.2, -0.15) is 0 Å². The molecule has 0 N–H and O–H groups in total. The molecular formula is C31H19ClN4. The van der Waals surface area contributed by atoms with E-state index in [1.807, 2.05) is 48.5 Å².